The second-order valence-corrected chi connectivity index (χ2v) is 12.0. The lowest BCUT2D eigenvalue weighted by atomic mass is 9.81. The van der Waals surface area contributed by atoms with Gasteiger partial charge in [-0.1, -0.05) is 35.9 Å². The van der Waals surface area contributed by atoms with Gasteiger partial charge >= 0.3 is 6.09 Å². The molecule has 3 aromatic rings. The molecule has 4 aliphatic rings. The van der Waals surface area contributed by atoms with Crippen LogP contribution in [0.1, 0.15) is 50.0 Å². The molecule has 42 heavy (non-hydrogen) atoms. The highest BCUT2D eigenvalue weighted by molar-refractivity contribution is 6.33. The molecule has 1 aliphatic carbocycles. The summed E-state index contributed by atoms with van der Waals surface area (Å²) in [6.07, 6.45) is 3.30. The minimum Gasteiger partial charge on any atom is -0.456 e. The van der Waals surface area contributed by atoms with E-state index >= 15 is 0 Å². The average molecular weight is 599 g/mol. The number of imidazole rings is 1. The molecule has 1 amide bonds. The van der Waals surface area contributed by atoms with E-state index in [2.05, 4.69) is 27.4 Å². The average Bonchev–Trinajstić information content (AvgIpc) is 3.70. The number of H-pyrrole nitrogens is 1. The third-order valence-corrected chi connectivity index (χ3v) is 9.08. The Kier molecular flexibility index (Phi) is 7.93. The number of pyridine rings is 1. The maximum absolute atomic E-state index is 12.3. The van der Waals surface area contributed by atoms with E-state index < -0.39 is 6.10 Å². The summed E-state index contributed by atoms with van der Waals surface area (Å²) in [7, 11) is 0. The molecule has 0 spiro atoms. The highest BCUT2D eigenvalue weighted by Crippen LogP contribution is 2.36. The van der Waals surface area contributed by atoms with Crippen molar-refractivity contribution in [1.29, 1.82) is 0 Å². The molecule has 0 unspecified atom stereocenters. The molecule has 5 heterocycles. The van der Waals surface area contributed by atoms with Gasteiger partial charge in [0.25, 0.3) is 6.01 Å². The molecule has 3 N–H and O–H groups in total. The Morgan fingerprint density at radius 3 is 2.55 bits per heavy atom. The Morgan fingerprint density at radius 2 is 1.76 bits per heavy atom. The zero-order valence-electron chi connectivity index (χ0n) is 23.2. The number of carbonyl (C=O) groups excluding carboxylic acids is 1. The molecular formula is C30H35ClN4O7. The number of carbonyl (C=O) groups is 1. The number of aliphatic hydroxyl groups is 1. The van der Waals surface area contributed by atoms with Gasteiger partial charge in [0, 0.05) is 24.4 Å². The number of aromatic amines is 1. The standard InChI is InChI=1S/C30H35ClN4O7/c31-21-13-22-28(35-29(33-22)42-24-15-40-26-23(36)14-39-27(24)26)34-25(21)18-3-1-16(2-4-18)17-5-7-19(8-6-17)32-30(37)41-20-9-11-38-12-10-20/h1-4,13,17,19-20,23-24,26-27,36H,5-12,14-15H2,(H,32,37)(H,33,34,35)/t17?,19?,23-,24-,26-,27-/m1/s1. The first-order chi connectivity index (χ1) is 20.5. The first-order valence-electron chi connectivity index (χ1n) is 14.8. The van der Waals surface area contributed by atoms with E-state index in [-0.39, 0.29) is 43.2 Å². The first kappa shape index (κ1) is 27.8. The summed E-state index contributed by atoms with van der Waals surface area (Å²) in [5.41, 5.74) is 3.99. The number of amides is 1. The van der Waals surface area contributed by atoms with E-state index in [1.54, 1.807) is 6.07 Å². The Morgan fingerprint density at radius 1 is 1.00 bits per heavy atom. The van der Waals surface area contributed by atoms with Gasteiger partial charge in [-0.3, -0.25) is 0 Å². The molecule has 1 aromatic carbocycles. The molecule has 3 aliphatic heterocycles. The van der Waals surface area contributed by atoms with Crippen LogP contribution in [0, 0.1) is 0 Å². The SMILES string of the molecule is O=C(NC1CCC(c2ccc(-c3nc4nc(O[C@@H]5CO[C@H]6[C@@H]5OC[C@H]6O)[nH]c4cc3Cl)cc2)CC1)OC1CCOCC1. The molecule has 4 fully saturated rings. The monoisotopic (exact) mass is 598 g/mol. The van der Waals surface area contributed by atoms with E-state index in [1.165, 1.54) is 5.56 Å². The van der Waals surface area contributed by atoms with Crippen LogP contribution < -0.4 is 10.1 Å². The number of halogens is 1. The molecule has 7 rings (SSSR count). The van der Waals surface area contributed by atoms with Crippen LogP contribution in [-0.4, -0.2) is 89.1 Å². The van der Waals surface area contributed by atoms with E-state index in [0.717, 1.165) is 44.1 Å². The van der Waals surface area contributed by atoms with Crippen LogP contribution >= 0.6 is 11.6 Å². The smallest absolute Gasteiger partial charge is 0.407 e. The summed E-state index contributed by atoms with van der Waals surface area (Å²) in [6.45, 7) is 1.85. The Labute approximate surface area is 248 Å². The van der Waals surface area contributed by atoms with Gasteiger partial charge in [0.05, 0.1) is 42.7 Å². The maximum atomic E-state index is 12.3. The van der Waals surface area contributed by atoms with Gasteiger partial charge in [-0.2, -0.15) is 4.98 Å². The predicted octanol–water partition coefficient (Wildman–Crippen LogP) is 4.12. The molecular weight excluding hydrogens is 564 g/mol. The molecule has 3 saturated heterocycles. The van der Waals surface area contributed by atoms with Crippen LogP contribution in [0.15, 0.2) is 30.3 Å². The number of aliphatic hydroxyl groups excluding tert-OH is 1. The van der Waals surface area contributed by atoms with Gasteiger partial charge in [-0.15, -0.1) is 0 Å². The number of hydrogen-bond donors (Lipinski definition) is 3. The van der Waals surface area contributed by atoms with Crippen LogP contribution in [0.4, 0.5) is 4.79 Å². The fraction of sp³-hybridized carbons (Fsp3) is 0.567. The van der Waals surface area contributed by atoms with Crippen molar-refractivity contribution in [2.45, 2.75) is 81.0 Å². The number of rotatable bonds is 6. The van der Waals surface area contributed by atoms with E-state index in [4.69, 9.17) is 40.3 Å². The number of aromatic nitrogens is 3. The Hall–Kier alpha value is -2.96. The van der Waals surface area contributed by atoms with Crippen molar-refractivity contribution >= 4 is 28.9 Å². The van der Waals surface area contributed by atoms with Crippen molar-refractivity contribution < 1.29 is 33.6 Å². The molecule has 1 saturated carbocycles. The van der Waals surface area contributed by atoms with Crippen LogP contribution in [-0.2, 0) is 18.9 Å². The normalized spacial score (nSPS) is 29.9. The molecule has 4 atom stereocenters. The highest BCUT2D eigenvalue weighted by atomic mass is 35.5. The quantitative estimate of drug-likeness (QED) is 0.383. The van der Waals surface area contributed by atoms with Gasteiger partial charge < -0.3 is 39.1 Å². The van der Waals surface area contributed by atoms with Gasteiger partial charge in [0.2, 0.25) is 0 Å². The number of hydrogen-bond acceptors (Lipinski definition) is 9. The minimum absolute atomic E-state index is 0.0432. The van der Waals surface area contributed by atoms with Crippen molar-refractivity contribution in [3.05, 3.63) is 40.9 Å². The number of ether oxygens (including phenoxy) is 5. The van der Waals surface area contributed by atoms with E-state index in [1.807, 2.05) is 12.1 Å². The number of alkyl carbamates (subject to hydrolysis) is 1. The molecule has 11 nitrogen and oxygen atoms in total. The van der Waals surface area contributed by atoms with Gasteiger partial charge in [-0.05, 0) is 43.2 Å². The summed E-state index contributed by atoms with van der Waals surface area (Å²) in [6, 6.07) is 10.6. The summed E-state index contributed by atoms with van der Waals surface area (Å²) in [5, 5.41) is 13.5. The second kappa shape index (κ2) is 12.0. The van der Waals surface area contributed by atoms with Gasteiger partial charge in [0.1, 0.15) is 24.4 Å². The van der Waals surface area contributed by atoms with Crippen molar-refractivity contribution in [2.24, 2.45) is 0 Å². The Bertz CT molecular complexity index is 1400. The number of nitrogens with one attached hydrogen (secondary N) is 2. The van der Waals surface area contributed by atoms with E-state index in [9.17, 15) is 9.90 Å². The van der Waals surface area contributed by atoms with Gasteiger partial charge in [0.15, 0.2) is 11.8 Å². The largest absolute Gasteiger partial charge is 0.456 e. The molecule has 0 radical (unpaired) electrons. The molecule has 2 aromatic heterocycles. The van der Waals surface area contributed by atoms with Gasteiger partial charge in [-0.25, -0.2) is 9.78 Å². The van der Waals surface area contributed by atoms with Crippen LogP contribution in [0.2, 0.25) is 5.02 Å². The topological polar surface area (TPSA) is 137 Å². The van der Waals surface area contributed by atoms with Crippen LogP contribution in [0.25, 0.3) is 22.4 Å². The fourth-order valence-electron chi connectivity index (χ4n) is 6.47. The zero-order valence-corrected chi connectivity index (χ0v) is 23.9. The lowest BCUT2D eigenvalue weighted by Crippen LogP contribution is -2.40. The summed E-state index contributed by atoms with van der Waals surface area (Å²) < 4.78 is 28.2. The lowest BCUT2D eigenvalue weighted by Gasteiger charge is -2.30. The molecule has 12 heteroatoms. The molecule has 0 bridgehead atoms. The number of fused-ring (bicyclic) bond motifs is 2. The van der Waals surface area contributed by atoms with Crippen molar-refractivity contribution in [3.63, 3.8) is 0 Å². The van der Waals surface area contributed by atoms with Crippen LogP contribution in [0.5, 0.6) is 6.01 Å². The lowest BCUT2D eigenvalue weighted by molar-refractivity contribution is 0.000407. The predicted molar refractivity (Wildman–Crippen MR) is 153 cm³/mol. The van der Waals surface area contributed by atoms with Crippen molar-refractivity contribution in [3.8, 4) is 17.3 Å². The second-order valence-electron chi connectivity index (χ2n) is 11.6. The third-order valence-electron chi connectivity index (χ3n) is 8.80. The number of benzene rings is 1. The summed E-state index contributed by atoms with van der Waals surface area (Å²) >= 11 is 6.64. The third kappa shape index (κ3) is 5.80. The molecule has 224 valence electrons. The first-order valence-corrected chi connectivity index (χ1v) is 15.2. The number of nitrogens with zero attached hydrogens (tertiary/aromatic N) is 2. The zero-order chi connectivity index (χ0) is 28.6. The fourth-order valence-corrected chi connectivity index (χ4v) is 6.73. The van der Waals surface area contributed by atoms with Crippen molar-refractivity contribution in [2.75, 3.05) is 26.4 Å². The maximum Gasteiger partial charge on any atom is 0.407 e. The summed E-state index contributed by atoms with van der Waals surface area (Å²) in [5.74, 6) is 0.435. The van der Waals surface area contributed by atoms with E-state index in [0.29, 0.717) is 53.6 Å². The summed E-state index contributed by atoms with van der Waals surface area (Å²) in [4.78, 5) is 24.7. The Balaban J connectivity index is 0.958. The highest BCUT2D eigenvalue weighted by Gasteiger charge is 2.48. The van der Waals surface area contributed by atoms with Crippen molar-refractivity contribution in [1.82, 2.24) is 20.3 Å². The van der Waals surface area contributed by atoms with Crippen LogP contribution in [0.3, 0.4) is 0 Å². The minimum atomic E-state index is -0.640.